The molecule has 1 atom stereocenters. The first-order chi connectivity index (χ1) is 11.7. The van der Waals surface area contributed by atoms with E-state index in [1.807, 2.05) is 24.3 Å². The molecule has 0 radical (unpaired) electrons. The van der Waals surface area contributed by atoms with Crippen molar-refractivity contribution in [1.29, 1.82) is 0 Å². The SMILES string of the molecule is O=C(NCC(O)c1ccco1)Nc1ccccc1N1CCCCC1. The Morgan fingerprint density at radius 3 is 2.71 bits per heavy atom. The summed E-state index contributed by atoms with van der Waals surface area (Å²) in [5.41, 5.74) is 1.82. The second-order valence-electron chi connectivity index (χ2n) is 5.93. The fraction of sp³-hybridized carbons (Fsp3) is 0.389. The number of para-hydroxylation sites is 2. The Balaban J connectivity index is 1.58. The van der Waals surface area contributed by atoms with Crippen molar-refractivity contribution in [3.05, 3.63) is 48.4 Å². The van der Waals surface area contributed by atoms with E-state index < -0.39 is 6.10 Å². The molecule has 128 valence electrons. The number of nitrogens with one attached hydrogen (secondary N) is 2. The first kappa shape index (κ1) is 16.4. The van der Waals surface area contributed by atoms with Crippen LogP contribution < -0.4 is 15.5 Å². The highest BCUT2D eigenvalue weighted by atomic mass is 16.4. The topological polar surface area (TPSA) is 77.7 Å². The second kappa shape index (κ2) is 7.88. The number of aliphatic hydroxyl groups is 1. The Morgan fingerprint density at radius 1 is 1.17 bits per heavy atom. The van der Waals surface area contributed by atoms with Gasteiger partial charge in [-0.15, -0.1) is 0 Å². The molecule has 1 aliphatic heterocycles. The van der Waals surface area contributed by atoms with Crippen LogP contribution in [0.25, 0.3) is 0 Å². The third-order valence-electron chi connectivity index (χ3n) is 4.18. The molecule has 6 nitrogen and oxygen atoms in total. The maximum absolute atomic E-state index is 12.1. The first-order valence-corrected chi connectivity index (χ1v) is 8.34. The fourth-order valence-electron chi connectivity index (χ4n) is 2.93. The summed E-state index contributed by atoms with van der Waals surface area (Å²) in [4.78, 5) is 14.4. The summed E-state index contributed by atoms with van der Waals surface area (Å²) < 4.78 is 5.12. The number of hydrogen-bond acceptors (Lipinski definition) is 4. The van der Waals surface area contributed by atoms with Crippen LogP contribution in [0.5, 0.6) is 0 Å². The van der Waals surface area contributed by atoms with Crippen molar-refractivity contribution in [3.8, 4) is 0 Å². The van der Waals surface area contributed by atoms with E-state index in [9.17, 15) is 9.90 Å². The average Bonchev–Trinajstić information content (AvgIpc) is 3.16. The van der Waals surface area contributed by atoms with E-state index in [1.165, 1.54) is 25.5 Å². The summed E-state index contributed by atoms with van der Waals surface area (Å²) in [5.74, 6) is 0.434. The molecule has 1 saturated heterocycles. The molecule has 1 fully saturated rings. The second-order valence-corrected chi connectivity index (χ2v) is 5.93. The van der Waals surface area contributed by atoms with E-state index in [-0.39, 0.29) is 12.6 Å². The number of aliphatic hydroxyl groups excluding tert-OH is 1. The van der Waals surface area contributed by atoms with Gasteiger partial charge in [-0.05, 0) is 43.5 Å². The van der Waals surface area contributed by atoms with E-state index >= 15 is 0 Å². The lowest BCUT2D eigenvalue weighted by Crippen LogP contribution is -2.34. The molecule has 1 aromatic heterocycles. The molecule has 24 heavy (non-hydrogen) atoms. The Bertz CT molecular complexity index is 651. The van der Waals surface area contributed by atoms with E-state index in [4.69, 9.17) is 4.42 Å². The van der Waals surface area contributed by atoms with Crippen molar-refractivity contribution in [3.63, 3.8) is 0 Å². The third-order valence-corrected chi connectivity index (χ3v) is 4.18. The molecule has 0 saturated carbocycles. The number of anilines is 2. The van der Waals surface area contributed by atoms with Crippen LogP contribution in [0, 0.1) is 0 Å². The molecule has 2 heterocycles. The van der Waals surface area contributed by atoms with Gasteiger partial charge in [-0.3, -0.25) is 0 Å². The Morgan fingerprint density at radius 2 is 1.96 bits per heavy atom. The molecule has 1 unspecified atom stereocenters. The van der Waals surface area contributed by atoms with Crippen LogP contribution in [0.15, 0.2) is 47.1 Å². The largest absolute Gasteiger partial charge is 0.467 e. The van der Waals surface area contributed by atoms with Crippen LogP contribution in [-0.4, -0.2) is 30.8 Å². The quantitative estimate of drug-likeness (QED) is 0.787. The van der Waals surface area contributed by atoms with Crippen molar-refractivity contribution in [2.24, 2.45) is 0 Å². The Hall–Kier alpha value is -2.47. The van der Waals surface area contributed by atoms with Gasteiger partial charge in [0.15, 0.2) is 0 Å². The first-order valence-electron chi connectivity index (χ1n) is 8.34. The van der Waals surface area contributed by atoms with Gasteiger partial charge in [0.1, 0.15) is 11.9 Å². The molecule has 0 aliphatic carbocycles. The van der Waals surface area contributed by atoms with Gasteiger partial charge in [-0.25, -0.2) is 4.79 Å². The zero-order valence-corrected chi connectivity index (χ0v) is 13.6. The number of rotatable bonds is 5. The standard InChI is InChI=1S/C18H23N3O3/c22-16(17-9-6-12-24-17)13-19-18(23)20-14-7-2-3-8-15(14)21-10-4-1-5-11-21/h2-3,6-9,12,16,22H,1,4-5,10-11,13H2,(H2,19,20,23). The minimum absolute atomic E-state index is 0.0885. The minimum atomic E-state index is -0.858. The average molecular weight is 329 g/mol. The number of nitrogens with zero attached hydrogens (tertiary/aromatic N) is 1. The van der Waals surface area contributed by atoms with E-state index in [2.05, 4.69) is 15.5 Å². The Kier molecular flexibility index (Phi) is 5.38. The predicted octanol–water partition coefficient (Wildman–Crippen LogP) is 3.13. The van der Waals surface area contributed by atoms with Crippen LogP contribution in [0.4, 0.5) is 16.2 Å². The summed E-state index contributed by atoms with van der Waals surface area (Å²) in [6, 6.07) is 10.8. The highest BCUT2D eigenvalue weighted by molar-refractivity contribution is 5.93. The van der Waals surface area contributed by atoms with E-state index in [0.717, 1.165) is 24.5 Å². The zero-order valence-electron chi connectivity index (χ0n) is 13.6. The molecule has 2 amide bonds. The number of hydrogen-bond donors (Lipinski definition) is 3. The fourth-order valence-corrected chi connectivity index (χ4v) is 2.93. The molecular weight excluding hydrogens is 306 g/mol. The van der Waals surface area contributed by atoms with Gasteiger partial charge >= 0.3 is 6.03 Å². The summed E-state index contributed by atoms with van der Waals surface area (Å²) in [7, 11) is 0. The van der Waals surface area contributed by atoms with Gasteiger partial charge in [0.05, 0.1) is 24.2 Å². The van der Waals surface area contributed by atoms with Crippen LogP contribution >= 0.6 is 0 Å². The van der Waals surface area contributed by atoms with Gasteiger partial charge in [-0.1, -0.05) is 12.1 Å². The highest BCUT2D eigenvalue weighted by Gasteiger charge is 2.16. The lowest BCUT2D eigenvalue weighted by Gasteiger charge is -2.30. The minimum Gasteiger partial charge on any atom is -0.467 e. The smallest absolute Gasteiger partial charge is 0.319 e. The molecule has 1 aromatic carbocycles. The van der Waals surface area contributed by atoms with Crippen molar-refractivity contribution < 1.29 is 14.3 Å². The Labute approximate surface area is 141 Å². The summed E-state index contributed by atoms with van der Waals surface area (Å²) in [6.07, 6.45) is 4.25. The highest BCUT2D eigenvalue weighted by Crippen LogP contribution is 2.28. The summed E-state index contributed by atoms with van der Waals surface area (Å²) in [6.45, 7) is 2.11. The zero-order chi connectivity index (χ0) is 16.8. The normalized spacial score (nSPS) is 15.8. The number of amides is 2. The van der Waals surface area contributed by atoms with Crippen LogP contribution in [-0.2, 0) is 0 Å². The molecule has 0 bridgehead atoms. The molecular formula is C18H23N3O3. The van der Waals surface area contributed by atoms with E-state index in [0.29, 0.717) is 5.76 Å². The molecule has 6 heteroatoms. The van der Waals surface area contributed by atoms with E-state index in [1.54, 1.807) is 12.1 Å². The van der Waals surface area contributed by atoms with Crippen molar-refractivity contribution in [2.75, 3.05) is 29.9 Å². The van der Waals surface area contributed by atoms with Crippen LogP contribution in [0.1, 0.15) is 31.1 Å². The molecule has 0 spiro atoms. The molecule has 1 aliphatic rings. The third kappa shape index (κ3) is 4.08. The molecule has 3 N–H and O–H groups in total. The van der Waals surface area contributed by atoms with Gasteiger partial charge in [-0.2, -0.15) is 0 Å². The number of urea groups is 1. The maximum atomic E-state index is 12.1. The lowest BCUT2D eigenvalue weighted by atomic mass is 10.1. The van der Waals surface area contributed by atoms with Gasteiger partial charge in [0.25, 0.3) is 0 Å². The maximum Gasteiger partial charge on any atom is 0.319 e. The number of piperidine rings is 1. The number of carbonyl (C=O) groups is 1. The summed E-state index contributed by atoms with van der Waals surface area (Å²) in [5, 5.41) is 15.5. The monoisotopic (exact) mass is 329 g/mol. The van der Waals surface area contributed by atoms with Crippen molar-refractivity contribution >= 4 is 17.4 Å². The molecule has 2 aromatic rings. The van der Waals surface area contributed by atoms with Crippen molar-refractivity contribution in [1.82, 2.24) is 5.32 Å². The number of carbonyl (C=O) groups excluding carboxylic acids is 1. The van der Waals surface area contributed by atoms with Gasteiger partial charge < -0.3 is 25.1 Å². The lowest BCUT2D eigenvalue weighted by molar-refractivity contribution is 0.149. The number of benzene rings is 1. The summed E-state index contributed by atoms with van der Waals surface area (Å²) >= 11 is 0. The van der Waals surface area contributed by atoms with Gasteiger partial charge in [0.2, 0.25) is 0 Å². The van der Waals surface area contributed by atoms with Gasteiger partial charge in [0, 0.05) is 13.1 Å². The van der Waals surface area contributed by atoms with Crippen LogP contribution in [0.2, 0.25) is 0 Å². The molecule has 3 rings (SSSR count). The van der Waals surface area contributed by atoms with Crippen molar-refractivity contribution in [2.45, 2.75) is 25.4 Å². The number of furan rings is 1. The predicted molar refractivity (Wildman–Crippen MR) is 93.2 cm³/mol. The van der Waals surface area contributed by atoms with Crippen LogP contribution in [0.3, 0.4) is 0 Å².